The zero-order chi connectivity index (χ0) is 26.0. The number of thioether (sulfide) groups is 1. The molecule has 1 heterocycles. The minimum atomic E-state index is -0.617. The third kappa shape index (κ3) is 6.17. The summed E-state index contributed by atoms with van der Waals surface area (Å²) in [5.41, 5.74) is -0.923. The van der Waals surface area contributed by atoms with Crippen LogP contribution in [0.5, 0.6) is 0 Å². The van der Waals surface area contributed by atoms with Crippen molar-refractivity contribution in [3.8, 4) is 6.07 Å². The summed E-state index contributed by atoms with van der Waals surface area (Å²) >= 11 is 2.16. The molecule has 1 saturated heterocycles. The van der Waals surface area contributed by atoms with E-state index in [4.69, 9.17) is 4.74 Å². The number of likely N-dealkylation sites (tertiary alicyclic amines) is 1. The molecule has 4 bridgehead atoms. The van der Waals surface area contributed by atoms with E-state index < -0.39 is 5.60 Å². The molecular formula is C29H47N3O3S. The molecule has 3 unspecified atom stereocenters. The SMILES string of the molecule is CCCCCCCSC12CC3C[C@H](C1)CC(N(CC(=O)N1CCC[C@H]1C#N)C(=O)OC(C)(C)C)(C3)C2. The third-order valence-electron chi connectivity index (χ3n) is 8.83. The summed E-state index contributed by atoms with van der Waals surface area (Å²) < 4.78 is 6.14. The van der Waals surface area contributed by atoms with Crippen molar-refractivity contribution in [2.75, 3.05) is 18.8 Å². The Bertz CT molecular complexity index is 834. The van der Waals surface area contributed by atoms with Crippen molar-refractivity contribution in [2.45, 2.75) is 133 Å². The van der Waals surface area contributed by atoms with E-state index >= 15 is 0 Å². The molecule has 0 N–H and O–H groups in total. The van der Waals surface area contributed by atoms with Gasteiger partial charge in [-0.05, 0) is 96.1 Å². The Morgan fingerprint density at radius 2 is 1.81 bits per heavy atom. The number of hydrogen-bond donors (Lipinski definition) is 0. The number of ether oxygens (including phenoxy) is 1. The molecule has 5 rings (SSSR count). The van der Waals surface area contributed by atoms with E-state index in [2.05, 4.69) is 24.8 Å². The van der Waals surface area contributed by atoms with Crippen LogP contribution in [0.15, 0.2) is 0 Å². The van der Waals surface area contributed by atoms with Crippen LogP contribution in [0, 0.1) is 23.2 Å². The molecule has 0 aromatic heterocycles. The number of nitriles is 1. The molecule has 0 aromatic rings. The molecule has 6 nitrogen and oxygen atoms in total. The Morgan fingerprint density at radius 3 is 2.44 bits per heavy atom. The summed E-state index contributed by atoms with van der Waals surface area (Å²) in [7, 11) is 0. The maximum Gasteiger partial charge on any atom is 0.411 e. The molecule has 5 fully saturated rings. The average molecular weight is 518 g/mol. The molecule has 1 aliphatic heterocycles. The van der Waals surface area contributed by atoms with E-state index in [1.807, 2.05) is 25.7 Å². The second-order valence-corrected chi connectivity index (χ2v) is 14.6. The van der Waals surface area contributed by atoms with Crippen LogP contribution in [0.2, 0.25) is 0 Å². The minimum Gasteiger partial charge on any atom is -0.444 e. The molecule has 7 heteroatoms. The van der Waals surface area contributed by atoms with E-state index in [0.29, 0.717) is 18.4 Å². The van der Waals surface area contributed by atoms with Crippen LogP contribution in [0.4, 0.5) is 4.79 Å². The Balaban J connectivity index is 1.53. The number of carbonyl (C=O) groups excluding carboxylic acids is 2. The fraction of sp³-hybridized carbons (Fsp3) is 0.897. The molecular weight excluding hydrogens is 470 g/mol. The van der Waals surface area contributed by atoms with Gasteiger partial charge in [-0.2, -0.15) is 17.0 Å². The van der Waals surface area contributed by atoms with Crippen LogP contribution >= 0.6 is 11.8 Å². The zero-order valence-electron chi connectivity index (χ0n) is 23.0. The molecule has 5 aliphatic rings. The first-order valence-electron chi connectivity index (χ1n) is 14.4. The van der Waals surface area contributed by atoms with Crippen LogP contribution < -0.4 is 0 Å². The van der Waals surface area contributed by atoms with Crippen LogP contribution in [0.1, 0.15) is 111 Å². The van der Waals surface area contributed by atoms with Crippen LogP contribution in [0.3, 0.4) is 0 Å². The largest absolute Gasteiger partial charge is 0.444 e. The highest BCUT2D eigenvalue weighted by molar-refractivity contribution is 8.00. The van der Waals surface area contributed by atoms with Gasteiger partial charge >= 0.3 is 6.09 Å². The second kappa shape index (κ2) is 11.1. The molecule has 202 valence electrons. The van der Waals surface area contributed by atoms with Gasteiger partial charge in [-0.3, -0.25) is 9.69 Å². The smallest absolute Gasteiger partial charge is 0.411 e. The van der Waals surface area contributed by atoms with Crippen molar-refractivity contribution in [1.82, 2.24) is 9.80 Å². The topological polar surface area (TPSA) is 73.6 Å². The summed E-state index contributed by atoms with van der Waals surface area (Å²) in [5, 5.41) is 9.54. The first-order chi connectivity index (χ1) is 17.1. The minimum absolute atomic E-state index is 0.0320. The maximum absolute atomic E-state index is 13.7. The molecule has 4 saturated carbocycles. The van der Waals surface area contributed by atoms with Crippen molar-refractivity contribution in [3.63, 3.8) is 0 Å². The fourth-order valence-electron chi connectivity index (χ4n) is 7.78. The van der Waals surface area contributed by atoms with Gasteiger partial charge in [0.05, 0.1) is 6.07 Å². The van der Waals surface area contributed by atoms with Crippen LogP contribution in [0.25, 0.3) is 0 Å². The van der Waals surface area contributed by atoms with Crippen molar-refractivity contribution in [3.05, 3.63) is 0 Å². The molecule has 36 heavy (non-hydrogen) atoms. The Hall–Kier alpha value is -1.42. The quantitative estimate of drug-likeness (QED) is 0.308. The van der Waals surface area contributed by atoms with E-state index in [1.165, 1.54) is 57.1 Å². The van der Waals surface area contributed by atoms with Gasteiger partial charge in [0.15, 0.2) is 0 Å². The first-order valence-corrected chi connectivity index (χ1v) is 15.4. The second-order valence-electron chi connectivity index (χ2n) is 13.1. The molecule has 0 radical (unpaired) electrons. The Labute approximate surface area is 222 Å². The maximum atomic E-state index is 13.7. The molecule has 0 spiro atoms. The van der Waals surface area contributed by atoms with Gasteiger partial charge in [-0.1, -0.05) is 32.6 Å². The van der Waals surface area contributed by atoms with Gasteiger partial charge in [0.1, 0.15) is 18.2 Å². The monoisotopic (exact) mass is 517 g/mol. The van der Waals surface area contributed by atoms with Gasteiger partial charge < -0.3 is 9.64 Å². The summed E-state index contributed by atoms with van der Waals surface area (Å²) in [4.78, 5) is 30.7. The number of rotatable bonds is 10. The first kappa shape index (κ1) is 27.6. The molecule has 4 aliphatic carbocycles. The summed E-state index contributed by atoms with van der Waals surface area (Å²) in [5.74, 6) is 2.34. The lowest BCUT2D eigenvalue weighted by atomic mass is 9.52. The third-order valence-corrected chi connectivity index (χ3v) is 10.4. The van der Waals surface area contributed by atoms with Gasteiger partial charge in [0.25, 0.3) is 0 Å². The summed E-state index contributed by atoms with van der Waals surface area (Å²) in [6.45, 7) is 8.58. The van der Waals surface area contributed by atoms with Gasteiger partial charge in [0.2, 0.25) is 5.91 Å². The fourth-order valence-corrected chi connectivity index (χ4v) is 9.64. The van der Waals surface area contributed by atoms with Crippen molar-refractivity contribution >= 4 is 23.8 Å². The van der Waals surface area contributed by atoms with Gasteiger partial charge in [-0.15, -0.1) is 0 Å². The van der Waals surface area contributed by atoms with Gasteiger partial charge in [0, 0.05) is 16.8 Å². The lowest BCUT2D eigenvalue weighted by molar-refractivity contribution is -0.138. The highest BCUT2D eigenvalue weighted by atomic mass is 32.2. The Morgan fingerprint density at radius 1 is 1.11 bits per heavy atom. The number of hydrogen-bond acceptors (Lipinski definition) is 5. The number of unbranched alkanes of at least 4 members (excludes halogenated alkanes) is 4. The normalized spacial score (nSPS) is 33.0. The van der Waals surface area contributed by atoms with E-state index in [-0.39, 0.29) is 34.9 Å². The predicted molar refractivity (Wildman–Crippen MR) is 145 cm³/mol. The number of amides is 2. The molecule has 2 amide bonds. The average Bonchev–Trinajstić information content (AvgIpc) is 3.26. The van der Waals surface area contributed by atoms with E-state index in [1.54, 1.807) is 4.90 Å². The lowest BCUT2D eigenvalue weighted by Crippen LogP contribution is -2.67. The van der Waals surface area contributed by atoms with Crippen molar-refractivity contribution in [1.29, 1.82) is 5.26 Å². The van der Waals surface area contributed by atoms with Crippen molar-refractivity contribution in [2.24, 2.45) is 11.8 Å². The predicted octanol–water partition coefficient (Wildman–Crippen LogP) is 6.53. The standard InChI is InChI=1S/C29H47N3O3S/c1-5-6-7-8-9-13-36-29-17-22-14-23(18-29)16-28(15-22,21-29)32(26(34)35-27(2,3)4)20-25(33)31-12-10-11-24(31)19-30/h22-24H,5-18,20-21H2,1-4H3/t22-,23?,24-,28?,29?/m0/s1. The van der Waals surface area contributed by atoms with E-state index in [0.717, 1.165) is 32.1 Å². The lowest BCUT2D eigenvalue weighted by Gasteiger charge is -2.64. The number of nitrogens with zero attached hydrogens (tertiary/aromatic N) is 3. The molecule has 0 aromatic carbocycles. The number of carbonyl (C=O) groups is 2. The highest BCUT2D eigenvalue weighted by Crippen LogP contribution is 2.64. The van der Waals surface area contributed by atoms with Crippen LogP contribution in [-0.2, 0) is 9.53 Å². The highest BCUT2D eigenvalue weighted by Gasteiger charge is 2.61. The van der Waals surface area contributed by atoms with Gasteiger partial charge in [-0.25, -0.2) is 4.79 Å². The van der Waals surface area contributed by atoms with E-state index in [9.17, 15) is 14.9 Å². The molecule has 5 atom stereocenters. The zero-order valence-corrected chi connectivity index (χ0v) is 23.8. The summed E-state index contributed by atoms with van der Waals surface area (Å²) in [6.07, 6.45) is 14.4. The summed E-state index contributed by atoms with van der Waals surface area (Å²) in [6, 6.07) is 1.91. The van der Waals surface area contributed by atoms with Crippen molar-refractivity contribution < 1.29 is 14.3 Å². The van der Waals surface area contributed by atoms with Crippen LogP contribution in [-0.4, -0.2) is 62.6 Å². The Kier molecular flexibility index (Phi) is 8.54.